The molecule has 51 heavy (non-hydrogen) atoms. The van der Waals surface area contributed by atoms with E-state index in [9.17, 15) is 0 Å². The molecule has 0 fully saturated rings. The third-order valence-corrected chi connectivity index (χ3v) is 9.09. The van der Waals surface area contributed by atoms with E-state index < -0.39 is 0 Å². The Bertz CT molecular complexity index is 2350. The molecular weight excluding hydrogens is 631 g/mol. The maximum atomic E-state index is 6.47. The molecule has 0 aliphatic rings. The molecule has 4 heterocycles. The number of hydrogen-bond acceptors (Lipinski definition) is 6. The highest BCUT2D eigenvalue weighted by atomic mass is 16.5. The topological polar surface area (TPSA) is 75.0 Å². The molecule has 7 heteroatoms. The Morgan fingerprint density at radius 3 is 1.39 bits per heavy atom. The molecule has 0 radical (unpaired) electrons. The number of nitrogens with zero attached hydrogens (tertiary/aromatic N) is 5. The van der Waals surface area contributed by atoms with E-state index >= 15 is 0 Å². The number of aromatic nitrogens is 5. The van der Waals surface area contributed by atoms with Crippen molar-refractivity contribution in [2.24, 2.45) is 0 Å². The monoisotopic (exact) mass is 667 g/mol. The van der Waals surface area contributed by atoms with Gasteiger partial charge in [0.2, 0.25) is 5.95 Å². The minimum absolute atomic E-state index is 0.419. The number of rotatable bonds is 9. The van der Waals surface area contributed by atoms with Gasteiger partial charge in [-0.15, -0.1) is 0 Å². The Morgan fingerprint density at radius 2 is 0.922 bits per heavy atom. The molecule has 0 unspecified atom stereocenters. The first-order valence-corrected chi connectivity index (χ1v) is 17.2. The summed E-state index contributed by atoms with van der Waals surface area (Å²) < 4.78 is 15.0. The van der Waals surface area contributed by atoms with Gasteiger partial charge in [0.25, 0.3) is 0 Å². The molecule has 0 amide bonds. The van der Waals surface area contributed by atoms with Gasteiger partial charge in [0.05, 0.1) is 22.4 Å². The van der Waals surface area contributed by atoms with E-state index in [1.165, 1.54) is 11.1 Å². The smallest absolute Gasteiger partial charge is 0.234 e. The van der Waals surface area contributed by atoms with Crippen molar-refractivity contribution in [2.45, 2.75) is 39.5 Å². The van der Waals surface area contributed by atoms with Crippen molar-refractivity contribution < 1.29 is 9.47 Å². The summed E-state index contributed by atoms with van der Waals surface area (Å²) in [6, 6.07) is 38.6. The van der Waals surface area contributed by atoms with E-state index in [0.29, 0.717) is 29.3 Å². The van der Waals surface area contributed by atoms with Crippen LogP contribution in [0.2, 0.25) is 0 Å². The van der Waals surface area contributed by atoms with Gasteiger partial charge in [-0.3, -0.25) is 14.5 Å². The number of pyridine rings is 2. The second kappa shape index (κ2) is 13.5. The first-order chi connectivity index (χ1) is 24.9. The van der Waals surface area contributed by atoms with Gasteiger partial charge < -0.3 is 9.47 Å². The van der Waals surface area contributed by atoms with Gasteiger partial charge in [0.15, 0.2) is 0 Å². The maximum absolute atomic E-state index is 6.47. The second-order valence-corrected chi connectivity index (χ2v) is 13.3. The SMILES string of the molecule is CC(C)c1ccnc(-c2cccc(Oc3ccc4c5ccc(Oc6cccc(-c7cc(C(C)C)ccn7)c6)cc5n(-c5ncccn5)c4c3)c2)c1. The van der Waals surface area contributed by atoms with Gasteiger partial charge in [-0.1, -0.05) is 52.0 Å². The summed E-state index contributed by atoms with van der Waals surface area (Å²) in [6.07, 6.45) is 7.24. The summed E-state index contributed by atoms with van der Waals surface area (Å²) in [4.78, 5) is 18.5. The van der Waals surface area contributed by atoms with E-state index in [4.69, 9.17) is 9.47 Å². The summed E-state index contributed by atoms with van der Waals surface area (Å²) in [5, 5.41) is 2.11. The Morgan fingerprint density at radius 1 is 0.451 bits per heavy atom. The first-order valence-electron chi connectivity index (χ1n) is 17.2. The lowest BCUT2D eigenvalue weighted by Crippen LogP contribution is -2.00. The molecule has 0 aliphatic heterocycles. The van der Waals surface area contributed by atoms with Crippen LogP contribution >= 0.6 is 0 Å². The van der Waals surface area contributed by atoms with Crippen molar-refractivity contribution in [1.29, 1.82) is 0 Å². The van der Waals surface area contributed by atoms with Gasteiger partial charge in [-0.25, -0.2) is 9.97 Å². The molecular formula is C44H37N5O2. The number of hydrogen-bond donors (Lipinski definition) is 0. The summed E-state index contributed by atoms with van der Waals surface area (Å²) in [5.41, 5.74) is 8.19. The van der Waals surface area contributed by atoms with E-state index in [1.54, 1.807) is 12.4 Å². The van der Waals surface area contributed by atoms with Crippen LogP contribution < -0.4 is 9.47 Å². The average Bonchev–Trinajstić information content (AvgIpc) is 3.48. The molecule has 7 nitrogen and oxygen atoms in total. The van der Waals surface area contributed by atoms with Crippen LogP contribution in [0.25, 0.3) is 50.3 Å². The lowest BCUT2D eigenvalue weighted by Gasteiger charge is -2.11. The second-order valence-electron chi connectivity index (χ2n) is 13.3. The summed E-state index contributed by atoms with van der Waals surface area (Å²) in [6.45, 7) is 8.75. The molecule has 0 spiro atoms. The minimum atomic E-state index is 0.419. The minimum Gasteiger partial charge on any atom is -0.457 e. The lowest BCUT2D eigenvalue weighted by atomic mass is 10.0. The van der Waals surface area contributed by atoms with Gasteiger partial charge in [0, 0.05) is 58.8 Å². The van der Waals surface area contributed by atoms with E-state index in [1.807, 2.05) is 79.1 Å². The normalized spacial score (nSPS) is 11.5. The summed E-state index contributed by atoms with van der Waals surface area (Å²) in [5.74, 6) is 4.25. The molecule has 0 saturated heterocycles. The molecule has 4 aromatic heterocycles. The standard InChI is InChI=1S/C44H37N5O2/c1-28(2)30-16-20-45-40(24-30)32-8-5-10-34(22-32)50-36-12-14-38-39-15-13-37(27-43(39)49(42(38)26-36)44-47-18-7-19-48-44)51-35-11-6-9-33(23-35)41-25-31(29(3)4)17-21-46-41/h5-29H,1-4H3. The highest BCUT2D eigenvalue weighted by molar-refractivity contribution is 6.09. The van der Waals surface area contributed by atoms with Crippen LogP contribution in [-0.4, -0.2) is 24.5 Å². The molecule has 8 rings (SSSR count). The van der Waals surface area contributed by atoms with Crippen molar-refractivity contribution in [3.8, 4) is 51.5 Å². The van der Waals surface area contributed by atoms with E-state index in [0.717, 1.165) is 55.8 Å². The Balaban J connectivity index is 1.15. The van der Waals surface area contributed by atoms with Gasteiger partial charge in [-0.2, -0.15) is 0 Å². The van der Waals surface area contributed by atoms with Crippen molar-refractivity contribution in [1.82, 2.24) is 24.5 Å². The van der Waals surface area contributed by atoms with Crippen molar-refractivity contribution in [3.05, 3.63) is 151 Å². The molecule has 0 N–H and O–H groups in total. The fourth-order valence-corrected chi connectivity index (χ4v) is 6.37. The van der Waals surface area contributed by atoms with Crippen LogP contribution in [0.1, 0.15) is 50.7 Å². The Hall–Kier alpha value is -6.34. The third kappa shape index (κ3) is 6.54. The van der Waals surface area contributed by atoms with E-state index in [-0.39, 0.29) is 0 Å². The zero-order valence-corrected chi connectivity index (χ0v) is 29.0. The Kier molecular flexibility index (Phi) is 8.46. The molecule has 8 aromatic rings. The predicted molar refractivity (Wildman–Crippen MR) is 204 cm³/mol. The summed E-state index contributed by atoms with van der Waals surface area (Å²) in [7, 11) is 0. The van der Waals surface area contributed by atoms with Gasteiger partial charge in [-0.05, 0) is 102 Å². The maximum Gasteiger partial charge on any atom is 0.234 e. The molecule has 250 valence electrons. The Labute approximate surface area is 297 Å². The number of benzene rings is 4. The molecule has 0 saturated carbocycles. The van der Waals surface area contributed by atoms with Crippen LogP contribution in [0.15, 0.2) is 140 Å². The number of fused-ring (bicyclic) bond motifs is 3. The fraction of sp³-hybridized carbons (Fsp3) is 0.136. The quantitative estimate of drug-likeness (QED) is 0.152. The average molecular weight is 668 g/mol. The van der Waals surface area contributed by atoms with Crippen molar-refractivity contribution in [2.75, 3.05) is 0 Å². The largest absolute Gasteiger partial charge is 0.457 e. The van der Waals surface area contributed by atoms with Gasteiger partial charge in [0.1, 0.15) is 23.0 Å². The fourth-order valence-electron chi connectivity index (χ4n) is 6.37. The summed E-state index contributed by atoms with van der Waals surface area (Å²) >= 11 is 0. The first kappa shape index (κ1) is 31.9. The van der Waals surface area contributed by atoms with Crippen LogP contribution in [-0.2, 0) is 0 Å². The van der Waals surface area contributed by atoms with Gasteiger partial charge >= 0.3 is 0 Å². The van der Waals surface area contributed by atoms with Crippen LogP contribution in [0.5, 0.6) is 23.0 Å². The van der Waals surface area contributed by atoms with E-state index in [2.05, 4.69) is 101 Å². The number of ether oxygens (including phenoxy) is 2. The zero-order valence-electron chi connectivity index (χ0n) is 29.0. The zero-order chi connectivity index (χ0) is 34.9. The van der Waals surface area contributed by atoms with Crippen molar-refractivity contribution >= 4 is 21.8 Å². The highest BCUT2D eigenvalue weighted by Gasteiger charge is 2.17. The third-order valence-electron chi connectivity index (χ3n) is 9.09. The molecule has 0 atom stereocenters. The molecule has 0 bridgehead atoms. The van der Waals surface area contributed by atoms with Crippen molar-refractivity contribution in [3.63, 3.8) is 0 Å². The van der Waals surface area contributed by atoms with Crippen LogP contribution in [0, 0.1) is 0 Å². The highest BCUT2D eigenvalue weighted by Crippen LogP contribution is 2.38. The predicted octanol–water partition coefficient (Wildman–Crippen LogP) is 11.5. The van der Waals surface area contributed by atoms with Crippen LogP contribution in [0.3, 0.4) is 0 Å². The molecule has 4 aromatic carbocycles. The van der Waals surface area contributed by atoms with Crippen LogP contribution in [0.4, 0.5) is 0 Å². The lowest BCUT2D eigenvalue weighted by molar-refractivity contribution is 0.483. The molecule has 0 aliphatic carbocycles.